The molecule has 1 aliphatic heterocycles. The van der Waals surface area contributed by atoms with E-state index in [0.717, 1.165) is 17.9 Å². The van der Waals surface area contributed by atoms with Crippen molar-refractivity contribution < 1.29 is 4.79 Å². The van der Waals surface area contributed by atoms with Crippen molar-refractivity contribution in [2.45, 2.75) is 52.0 Å². The molecule has 3 nitrogen and oxygen atoms in total. The van der Waals surface area contributed by atoms with E-state index in [1.807, 2.05) is 30.3 Å². The van der Waals surface area contributed by atoms with Crippen molar-refractivity contribution in [1.82, 2.24) is 10.2 Å². The van der Waals surface area contributed by atoms with Gasteiger partial charge in [-0.25, -0.2) is 0 Å². The van der Waals surface area contributed by atoms with Crippen LogP contribution in [0, 0.1) is 11.3 Å². The molecule has 1 heterocycles. The average Bonchev–Trinajstić information content (AvgIpc) is 2.92. The summed E-state index contributed by atoms with van der Waals surface area (Å²) in [5, 5.41) is 3.35. The standard InChI is InChI=1S/C20H30N2O/c1-16(2)15-22-13-11-20(12-14-22)10-6-9-18(20)21-19(23)17-7-4-3-5-8-17/h3-5,7-8,16,18H,6,9-15H2,1-2H3,(H,21,23). The molecule has 1 aromatic carbocycles. The van der Waals surface area contributed by atoms with Crippen LogP contribution < -0.4 is 5.32 Å². The van der Waals surface area contributed by atoms with E-state index >= 15 is 0 Å². The first-order chi connectivity index (χ1) is 11.1. The normalized spacial score (nSPS) is 24.2. The van der Waals surface area contributed by atoms with E-state index in [2.05, 4.69) is 24.1 Å². The summed E-state index contributed by atoms with van der Waals surface area (Å²) in [7, 11) is 0. The molecule has 1 amide bonds. The van der Waals surface area contributed by atoms with Crippen LogP contribution in [0.4, 0.5) is 0 Å². The van der Waals surface area contributed by atoms with Crippen molar-refractivity contribution in [3.05, 3.63) is 35.9 Å². The number of likely N-dealkylation sites (tertiary alicyclic amines) is 1. The molecule has 1 aliphatic carbocycles. The van der Waals surface area contributed by atoms with Gasteiger partial charge in [0.2, 0.25) is 0 Å². The van der Waals surface area contributed by atoms with E-state index < -0.39 is 0 Å². The van der Waals surface area contributed by atoms with Gasteiger partial charge in [0.1, 0.15) is 0 Å². The van der Waals surface area contributed by atoms with Gasteiger partial charge >= 0.3 is 0 Å². The van der Waals surface area contributed by atoms with Gasteiger partial charge < -0.3 is 10.2 Å². The SMILES string of the molecule is CC(C)CN1CCC2(CCCC2NC(=O)c2ccccc2)CC1. The van der Waals surface area contributed by atoms with E-state index in [4.69, 9.17) is 0 Å². The third-order valence-corrected chi connectivity index (χ3v) is 5.72. The second-order valence-corrected chi connectivity index (χ2v) is 7.84. The number of nitrogens with zero attached hydrogens (tertiary/aromatic N) is 1. The summed E-state index contributed by atoms with van der Waals surface area (Å²) < 4.78 is 0. The number of carbonyl (C=O) groups excluding carboxylic acids is 1. The Bertz CT molecular complexity index is 518. The van der Waals surface area contributed by atoms with E-state index in [1.165, 1.54) is 45.3 Å². The van der Waals surface area contributed by atoms with Crippen LogP contribution in [0.15, 0.2) is 30.3 Å². The molecule has 1 saturated heterocycles. The molecule has 0 bridgehead atoms. The van der Waals surface area contributed by atoms with Gasteiger partial charge in [-0.1, -0.05) is 38.5 Å². The van der Waals surface area contributed by atoms with Crippen LogP contribution in [-0.4, -0.2) is 36.5 Å². The zero-order valence-electron chi connectivity index (χ0n) is 14.6. The molecule has 3 heteroatoms. The Hall–Kier alpha value is -1.35. The topological polar surface area (TPSA) is 32.3 Å². The summed E-state index contributed by atoms with van der Waals surface area (Å²) in [5.74, 6) is 0.836. The molecule has 0 radical (unpaired) electrons. The highest BCUT2D eigenvalue weighted by Crippen LogP contribution is 2.46. The minimum absolute atomic E-state index is 0.0986. The molecule has 0 aromatic heterocycles. The van der Waals surface area contributed by atoms with Crippen LogP contribution in [0.25, 0.3) is 0 Å². The van der Waals surface area contributed by atoms with Gasteiger partial charge in [-0.2, -0.15) is 0 Å². The van der Waals surface area contributed by atoms with Crippen LogP contribution in [0.5, 0.6) is 0 Å². The zero-order valence-corrected chi connectivity index (χ0v) is 14.6. The average molecular weight is 314 g/mol. The first kappa shape index (κ1) is 16.5. The highest BCUT2D eigenvalue weighted by Gasteiger charge is 2.45. The van der Waals surface area contributed by atoms with E-state index in [9.17, 15) is 4.79 Å². The second-order valence-electron chi connectivity index (χ2n) is 7.84. The van der Waals surface area contributed by atoms with Gasteiger partial charge in [-0.15, -0.1) is 0 Å². The monoisotopic (exact) mass is 314 g/mol. The Morgan fingerprint density at radius 1 is 1.22 bits per heavy atom. The number of carbonyl (C=O) groups is 1. The number of amides is 1. The van der Waals surface area contributed by atoms with E-state index in [0.29, 0.717) is 11.5 Å². The van der Waals surface area contributed by atoms with Crippen LogP contribution in [0.2, 0.25) is 0 Å². The molecule has 126 valence electrons. The Balaban J connectivity index is 1.61. The quantitative estimate of drug-likeness (QED) is 0.919. The fourth-order valence-corrected chi connectivity index (χ4v) is 4.49. The summed E-state index contributed by atoms with van der Waals surface area (Å²) >= 11 is 0. The number of benzene rings is 1. The summed E-state index contributed by atoms with van der Waals surface area (Å²) in [6.45, 7) is 8.18. The fourth-order valence-electron chi connectivity index (χ4n) is 4.49. The molecule has 1 aromatic rings. The highest BCUT2D eigenvalue weighted by molar-refractivity contribution is 5.94. The number of hydrogen-bond acceptors (Lipinski definition) is 2. The smallest absolute Gasteiger partial charge is 0.251 e. The van der Waals surface area contributed by atoms with Crippen molar-refractivity contribution in [1.29, 1.82) is 0 Å². The first-order valence-electron chi connectivity index (χ1n) is 9.17. The lowest BCUT2D eigenvalue weighted by Crippen LogP contribution is -2.50. The van der Waals surface area contributed by atoms with Crippen LogP contribution in [-0.2, 0) is 0 Å². The Kier molecular flexibility index (Phi) is 5.05. The van der Waals surface area contributed by atoms with Crippen molar-refractivity contribution in [2.75, 3.05) is 19.6 Å². The number of hydrogen-bond donors (Lipinski definition) is 1. The van der Waals surface area contributed by atoms with Gasteiger partial charge in [0.15, 0.2) is 0 Å². The van der Waals surface area contributed by atoms with Crippen molar-refractivity contribution in [3.8, 4) is 0 Å². The van der Waals surface area contributed by atoms with Gasteiger partial charge in [0.25, 0.3) is 5.91 Å². The van der Waals surface area contributed by atoms with Gasteiger partial charge in [-0.3, -0.25) is 4.79 Å². The maximum Gasteiger partial charge on any atom is 0.251 e. The van der Waals surface area contributed by atoms with Crippen molar-refractivity contribution in [2.24, 2.45) is 11.3 Å². The third-order valence-electron chi connectivity index (χ3n) is 5.72. The predicted molar refractivity (Wildman–Crippen MR) is 94.5 cm³/mol. The highest BCUT2D eigenvalue weighted by atomic mass is 16.1. The maximum atomic E-state index is 12.5. The molecule has 23 heavy (non-hydrogen) atoms. The number of rotatable bonds is 4. The molecule has 1 unspecified atom stereocenters. The van der Waals surface area contributed by atoms with Gasteiger partial charge in [0.05, 0.1) is 0 Å². The molecule has 3 rings (SSSR count). The zero-order chi connectivity index (χ0) is 16.3. The lowest BCUT2D eigenvalue weighted by Gasteiger charge is -2.43. The van der Waals surface area contributed by atoms with E-state index in [-0.39, 0.29) is 5.91 Å². The van der Waals surface area contributed by atoms with Crippen molar-refractivity contribution in [3.63, 3.8) is 0 Å². The molecule has 1 saturated carbocycles. The lowest BCUT2D eigenvalue weighted by atomic mass is 9.74. The van der Waals surface area contributed by atoms with Crippen LogP contribution >= 0.6 is 0 Å². The first-order valence-corrected chi connectivity index (χ1v) is 9.17. The largest absolute Gasteiger partial charge is 0.349 e. The maximum absolute atomic E-state index is 12.5. The molecule has 1 N–H and O–H groups in total. The van der Waals surface area contributed by atoms with Crippen molar-refractivity contribution >= 4 is 5.91 Å². The molecular weight excluding hydrogens is 284 g/mol. The number of nitrogens with one attached hydrogen (secondary N) is 1. The fraction of sp³-hybridized carbons (Fsp3) is 0.650. The lowest BCUT2D eigenvalue weighted by molar-refractivity contribution is 0.0672. The summed E-state index contributed by atoms with van der Waals surface area (Å²) in [6, 6.07) is 9.99. The Morgan fingerprint density at radius 2 is 1.91 bits per heavy atom. The van der Waals surface area contributed by atoms with Gasteiger partial charge in [-0.05, 0) is 62.2 Å². The molecule has 2 aliphatic rings. The van der Waals surface area contributed by atoms with E-state index in [1.54, 1.807) is 0 Å². The molecule has 2 fully saturated rings. The third kappa shape index (κ3) is 3.77. The molecule has 1 spiro atoms. The van der Waals surface area contributed by atoms with Crippen LogP contribution in [0.3, 0.4) is 0 Å². The van der Waals surface area contributed by atoms with Gasteiger partial charge in [0, 0.05) is 18.2 Å². The Morgan fingerprint density at radius 3 is 2.57 bits per heavy atom. The Labute approximate surface area is 140 Å². The summed E-state index contributed by atoms with van der Waals surface area (Å²) in [6.07, 6.45) is 6.15. The predicted octanol–water partition coefficient (Wildman–Crippen LogP) is 3.71. The summed E-state index contributed by atoms with van der Waals surface area (Å²) in [5.41, 5.74) is 1.13. The number of piperidine rings is 1. The second kappa shape index (κ2) is 7.04. The molecular formula is C20H30N2O. The minimum Gasteiger partial charge on any atom is -0.349 e. The summed E-state index contributed by atoms with van der Waals surface area (Å²) in [4.78, 5) is 15.1. The van der Waals surface area contributed by atoms with Crippen LogP contribution in [0.1, 0.15) is 56.3 Å². The minimum atomic E-state index is 0.0986. The molecule has 1 atom stereocenters.